The third-order valence-electron chi connectivity index (χ3n) is 4.86. The summed E-state index contributed by atoms with van der Waals surface area (Å²) in [7, 11) is 1.84. The lowest BCUT2D eigenvalue weighted by molar-refractivity contribution is -0.140. The fraction of sp³-hybridized carbons (Fsp3) is 0.333. The van der Waals surface area contributed by atoms with Crippen molar-refractivity contribution in [2.45, 2.75) is 25.8 Å². The van der Waals surface area contributed by atoms with Crippen molar-refractivity contribution in [2.75, 3.05) is 18.5 Å². The number of nitrogens with one attached hydrogen (secondary N) is 1. The highest BCUT2D eigenvalue weighted by atomic mass is 32.1. The first kappa shape index (κ1) is 23.1. The summed E-state index contributed by atoms with van der Waals surface area (Å²) in [5.41, 5.74) is 1.57. The maximum Gasteiger partial charge on any atom is 0.326 e. The minimum atomic E-state index is -1.29. The molecule has 1 aromatic heterocycles. The van der Waals surface area contributed by atoms with Gasteiger partial charge in [-0.25, -0.2) is 9.79 Å². The van der Waals surface area contributed by atoms with Crippen LogP contribution >= 0.6 is 11.3 Å². The molecule has 1 aromatic rings. The first-order valence-electron chi connectivity index (χ1n) is 9.77. The van der Waals surface area contributed by atoms with E-state index < -0.39 is 29.8 Å². The highest BCUT2D eigenvalue weighted by Gasteiger charge is 2.27. The van der Waals surface area contributed by atoms with E-state index in [0.29, 0.717) is 23.0 Å². The molecule has 0 saturated heterocycles. The largest absolute Gasteiger partial charge is 0.481 e. The second-order valence-corrected chi connectivity index (χ2v) is 8.44. The number of amidine groups is 1. The molecule has 0 saturated carbocycles. The first-order valence-corrected chi connectivity index (χ1v) is 10.6. The van der Waals surface area contributed by atoms with Crippen LogP contribution in [0.4, 0.5) is 5.00 Å². The van der Waals surface area contributed by atoms with E-state index in [9.17, 15) is 24.3 Å². The minimum Gasteiger partial charge on any atom is -0.481 e. The van der Waals surface area contributed by atoms with Gasteiger partial charge < -0.3 is 20.4 Å². The van der Waals surface area contributed by atoms with Gasteiger partial charge in [-0.3, -0.25) is 14.4 Å². The quantitative estimate of drug-likeness (QED) is 0.510. The van der Waals surface area contributed by atoms with Crippen LogP contribution in [0.2, 0.25) is 0 Å². The number of aliphatic imine (C=N–C) groups is 2. The Morgan fingerprint density at radius 2 is 1.97 bits per heavy atom. The van der Waals surface area contributed by atoms with Crippen molar-refractivity contribution in [1.82, 2.24) is 5.32 Å². The Kier molecular flexibility index (Phi) is 6.98. The molecule has 11 heteroatoms. The standard InChI is InChI=1S/C21H22N4O6S/c1-11-22-14-4-3-12(9-13(14)19(28)23-11)10-25(2)17-7-6-16(32-17)20(29)24-15(21(30)31)5-8-18(26)27/h3-4,6-7,9,13,15H,5,8,10H2,1-2H3,(H,24,29)(H,26,27)(H,30,31)/t13?,15-/m0/s1. The number of carbonyl (C=O) groups excluding carboxylic acids is 2. The zero-order chi connectivity index (χ0) is 23.4. The highest BCUT2D eigenvalue weighted by Crippen LogP contribution is 2.27. The van der Waals surface area contributed by atoms with Crippen molar-refractivity contribution >= 4 is 51.6 Å². The molecule has 1 aliphatic carbocycles. The van der Waals surface area contributed by atoms with Crippen LogP contribution in [0.5, 0.6) is 0 Å². The number of carbonyl (C=O) groups is 4. The molecule has 0 bridgehead atoms. The Morgan fingerprint density at radius 1 is 1.22 bits per heavy atom. The number of carboxylic acid groups (broad SMARTS) is 2. The predicted molar refractivity (Wildman–Crippen MR) is 120 cm³/mol. The molecule has 3 N–H and O–H groups in total. The van der Waals surface area contributed by atoms with Crippen LogP contribution in [0.3, 0.4) is 0 Å². The molecule has 0 aromatic carbocycles. The third-order valence-corrected chi connectivity index (χ3v) is 6.06. The zero-order valence-electron chi connectivity index (χ0n) is 17.4. The molecule has 32 heavy (non-hydrogen) atoms. The number of hydrogen-bond donors (Lipinski definition) is 3. The van der Waals surface area contributed by atoms with E-state index in [1.54, 1.807) is 25.1 Å². The van der Waals surface area contributed by atoms with Crippen LogP contribution in [0, 0.1) is 5.92 Å². The fourth-order valence-corrected chi connectivity index (χ4v) is 4.13. The molecule has 10 nitrogen and oxygen atoms in total. The minimum absolute atomic E-state index is 0.205. The number of hydrogen-bond acceptors (Lipinski definition) is 7. The van der Waals surface area contributed by atoms with Gasteiger partial charge in [-0.05, 0) is 37.1 Å². The molecule has 2 aliphatic rings. The molecule has 2 amide bonds. The number of aliphatic carboxylic acids is 2. The lowest BCUT2D eigenvalue weighted by Gasteiger charge is -2.23. The van der Waals surface area contributed by atoms with E-state index in [0.717, 1.165) is 10.6 Å². The van der Waals surface area contributed by atoms with Crippen LogP contribution in [0.1, 0.15) is 29.4 Å². The van der Waals surface area contributed by atoms with Gasteiger partial charge in [-0.2, -0.15) is 4.99 Å². The first-order chi connectivity index (χ1) is 15.1. The summed E-state index contributed by atoms with van der Waals surface area (Å²) in [6.07, 6.45) is 4.96. The topological polar surface area (TPSA) is 149 Å². The Hall–Kier alpha value is -3.60. The lowest BCUT2D eigenvalue weighted by Crippen LogP contribution is -2.40. The van der Waals surface area contributed by atoms with Crippen LogP contribution in [0.25, 0.3) is 0 Å². The van der Waals surface area contributed by atoms with Crippen LogP contribution in [-0.2, 0) is 14.4 Å². The van der Waals surface area contributed by atoms with Gasteiger partial charge in [0.15, 0.2) is 0 Å². The summed E-state index contributed by atoms with van der Waals surface area (Å²) in [4.78, 5) is 57.0. The molecule has 3 rings (SSSR count). The third kappa shape index (κ3) is 5.55. The number of anilines is 1. The number of fused-ring (bicyclic) bond motifs is 1. The van der Waals surface area contributed by atoms with Gasteiger partial charge >= 0.3 is 11.9 Å². The van der Waals surface area contributed by atoms with Crippen LogP contribution in [-0.4, -0.2) is 65.1 Å². The Balaban J connectivity index is 1.63. The van der Waals surface area contributed by atoms with Gasteiger partial charge in [-0.1, -0.05) is 12.2 Å². The van der Waals surface area contributed by atoms with E-state index in [1.165, 1.54) is 11.3 Å². The Morgan fingerprint density at radius 3 is 2.66 bits per heavy atom. The molecule has 2 atom stereocenters. The summed E-state index contributed by atoms with van der Waals surface area (Å²) < 4.78 is 0. The predicted octanol–water partition coefficient (Wildman–Crippen LogP) is 1.74. The summed E-state index contributed by atoms with van der Waals surface area (Å²) in [5.74, 6) is -3.29. The number of thiophene rings is 1. The average molecular weight is 458 g/mol. The van der Waals surface area contributed by atoms with E-state index in [-0.39, 0.29) is 18.7 Å². The molecule has 0 spiro atoms. The average Bonchev–Trinajstić information content (AvgIpc) is 3.21. The molecule has 1 aliphatic heterocycles. The normalized spacial score (nSPS) is 18.1. The second-order valence-electron chi connectivity index (χ2n) is 7.38. The van der Waals surface area contributed by atoms with Crippen molar-refractivity contribution in [3.63, 3.8) is 0 Å². The monoisotopic (exact) mass is 458 g/mol. The molecule has 2 heterocycles. The van der Waals surface area contributed by atoms with E-state index in [1.807, 2.05) is 24.1 Å². The Bertz CT molecular complexity index is 1080. The molecule has 1 unspecified atom stereocenters. The van der Waals surface area contributed by atoms with Gasteiger partial charge in [0.25, 0.3) is 11.8 Å². The number of allylic oxidation sites excluding steroid dienone is 1. The highest BCUT2D eigenvalue weighted by molar-refractivity contribution is 7.18. The van der Waals surface area contributed by atoms with Crippen molar-refractivity contribution in [3.8, 4) is 0 Å². The van der Waals surface area contributed by atoms with Crippen LogP contribution in [0.15, 0.2) is 45.9 Å². The number of likely N-dealkylation sites (N-methyl/N-ethyl adjacent to an activating group) is 1. The number of nitrogens with zero attached hydrogens (tertiary/aromatic N) is 3. The SMILES string of the molecule is CC1=NC(=O)C2C=C(CN(C)c3ccc(C(=O)N[C@@H](CCC(=O)O)C(=O)O)s3)C=CC2=N1. The summed E-state index contributed by atoms with van der Waals surface area (Å²) in [5, 5.41) is 21.1. The number of carboxylic acids is 2. The zero-order valence-corrected chi connectivity index (χ0v) is 18.3. The lowest BCUT2D eigenvalue weighted by atomic mass is 9.92. The number of amides is 2. The molecule has 0 radical (unpaired) electrons. The van der Waals surface area contributed by atoms with Crippen molar-refractivity contribution in [2.24, 2.45) is 15.9 Å². The summed E-state index contributed by atoms with van der Waals surface area (Å²) >= 11 is 1.18. The van der Waals surface area contributed by atoms with E-state index in [2.05, 4.69) is 15.3 Å². The maximum absolute atomic E-state index is 12.4. The summed E-state index contributed by atoms with van der Waals surface area (Å²) in [6.45, 7) is 2.16. The van der Waals surface area contributed by atoms with Crippen molar-refractivity contribution in [3.05, 3.63) is 40.8 Å². The van der Waals surface area contributed by atoms with Gasteiger partial charge in [-0.15, -0.1) is 11.3 Å². The van der Waals surface area contributed by atoms with Gasteiger partial charge in [0.1, 0.15) is 17.8 Å². The summed E-state index contributed by atoms with van der Waals surface area (Å²) in [6, 6.07) is 2.04. The van der Waals surface area contributed by atoms with Crippen LogP contribution < -0.4 is 10.2 Å². The fourth-order valence-electron chi connectivity index (χ4n) is 3.26. The molecule has 168 valence electrons. The van der Waals surface area contributed by atoms with Crippen molar-refractivity contribution < 1.29 is 29.4 Å². The molecular formula is C21H22N4O6S. The molecular weight excluding hydrogens is 436 g/mol. The smallest absolute Gasteiger partial charge is 0.326 e. The Labute approximate surface area is 187 Å². The van der Waals surface area contributed by atoms with Gasteiger partial charge in [0.2, 0.25) is 0 Å². The van der Waals surface area contributed by atoms with Gasteiger partial charge in [0.05, 0.1) is 15.6 Å². The van der Waals surface area contributed by atoms with E-state index in [4.69, 9.17) is 5.11 Å². The van der Waals surface area contributed by atoms with E-state index >= 15 is 0 Å². The maximum atomic E-state index is 12.4. The number of rotatable bonds is 9. The van der Waals surface area contributed by atoms with Gasteiger partial charge in [0, 0.05) is 20.0 Å². The van der Waals surface area contributed by atoms with Crippen molar-refractivity contribution in [1.29, 1.82) is 0 Å². The second kappa shape index (κ2) is 9.69. The molecule has 0 fully saturated rings.